The molecule has 3 rings (SSSR count). The third-order valence-electron chi connectivity index (χ3n) is 4.13. The van der Waals surface area contributed by atoms with Crippen LogP contribution in [-0.2, 0) is 21.2 Å². The van der Waals surface area contributed by atoms with Gasteiger partial charge in [-0.3, -0.25) is 0 Å². The normalized spacial score (nSPS) is 19.3. The van der Waals surface area contributed by atoms with Gasteiger partial charge in [-0.1, -0.05) is 0 Å². The van der Waals surface area contributed by atoms with Crippen molar-refractivity contribution >= 4 is 20.9 Å². The standard InChI is InChI=1S/C16H21FN2O3S/c17-13-4-5-16-15(9-13)12(10-18-16)6-7-19-23(20,21)11-14-3-1-2-8-22-14/h4-5,9-10,14,18-19H,1-3,6-8,11H2. The van der Waals surface area contributed by atoms with Crippen molar-refractivity contribution in [1.29, 1.82) is 0 Å². The molecule has 1 aliphatic heterocycles. The number of fused-ring (bicyclic) bond motifs is 1. The number of hydrogen-bond acceptors (Lipinski definition) is 3. The fourth-order valence-corrected chi connectivity index (χ4v) is 4.22. The Kier molecular flexibility index (Phi) is 4.99. The van der Waals surface area contributed by atoms with E-state index in [2.05, 4.69) is 9.71 Å². The molecule has 126 valence electrons. The second kappa shape index (κ2) is 6.98. The molecule has 1 atom stereocenters. The Bertz CT molecular complexity index is 767. The lowest BCUT2D eigenvalue weighted by Gasteiger charge is -2.22. The number of benzene rings is 1. The molecule has 1 unspecified atom stereocenters. The van der Waals surface area contributed by atoms with Crippen molar-refractivity contribution in [3.8, 4) is 0 Å². The summed E-state index contributed by atoms with van der Waals surface area (Å²) in [5.41, 5.74) is 1.75. The van der Waals surface area contributed by atoms with E-state index < -0.39 is 10.0 Å². The van der Waals surface area contributed by atoms with Gasteiger partial charge in [-0.15, -0.1) is 0 Å². The minimum Gasteiger partial charge on any atom is -0.377 e. The smallest absolute Gasteiger partial charge is 0.214 e. The van der Waals surface area contributed by atoms with Gasteiger partial charge >= 0.3 is 0 Å². The number of nitrogens with one attached hydrogen (secondary N) is 2. The molecule has 7 heteroatoms. The zero-order chi connectivity index (χ0) is 16.3. The van der Waals surface area contributed by atoms with Crippen molar-refractivity contribution < 1.29 is 17.5 Å². The summed E-state index contributed by atoms with van der Waals surface area (Å²) >= 11 is 0. The minimum atomic E-state index is -3.36. The van der Waals surface area contributed by atoms with E-state index in [1.165, 1.54) is 12.1 Å². The summed E-state index contributed by atoms with van der Waals surface area (Å²) in [6.45, 7) is 0.930. The van der Waals surface area contributed by atoms with Crippen LogP contribution in [-0.4, -0.2) is 38.4 Å². The van der Waals surface area contributed by atoms with Crippen LogP contribution in [0.5, 0.6) is 0 Å². The molecule has 1 saturated heterocycles. The molecule has 0 bridgehead atoms. The Balaban J connectivity index is 1.56. The summed E-state index contributed by atoms with van der Waals surface area (Å²) in [6.07, 6.45) is 4.91. The van der Waals surface area contributed by atoms with Crippen LogP contribution in [0.3, 0.4) is 0 Å². The van der Waals surface area contributed by atoms with E-state index in [-0.39, 0.29) is 17.7 Å². The van der Waals surface area contributed by atoms with Gasteiger partial charge in [-0.05, 0) is 49.4 Å². The zero-order valence-corrected chi connectivity index (χ0v) is 13.7. The molecule has 0 spiro atoms. The maximum atomic E-state index is 13.3. The molecule has 0 amide bonds. The van der Waals surface area contributed by atoms with Gasteiger partial charge in [-0.25, -0.2) is 17.5 Å². The molecule has 1 aromatic carbocycles. The lowest BCUT2D eigenvalue weighted by Crippen LogP contribution is -2.35. The summed E-state index contributed by atoms with van der Waals surface area (Å²) in [7, 11) is -3.36. The van der Waals surface area contributed by atoms with Crippen LogP contribution in [0.25, 0.3) is 10.9 Å². The van der Waals surface area contributed by atoms with Gasteiger partial charge in [0, 0.05) is 30.3 Å². The fourth-order valence-electron chi connectivity index (χ4n) is 2.94. The fraction of sp³-hybridized carbons (Fsp3) is 0.500. The van der Waals surface area contributed by atoms with Crippen LogP contribution in [0.4, 0.5) is 4.39 Å². The molecule has 1 fully saturated rings. The Labute approximate surface area is 135 Å². The summed E-state index contributed by atoms with van der Waals surface area (Å²) in [5, 5.41) is 0.791. The predicted molar refractivity (Wildman–Crippen MR) is 87.3 cm³/mol. The van der Waals surface area contributed by atoms with Crippen LogP contribution >= 0.6 is 0 Å². The first-order valence-electron chi connectivity index (χ1n) is 7.88. The third kappa shape index (κ3) is 4.31. The first kappa shape index (κ1) is 16.4. The van der Waals surface area contributed by atoms with Crippen molar-refractivity contribution in [3.63, 3.8) is 0 Å². The van der Waals surface area contributed by atoms with Crippen LogP contribution in [0, 0.1) is 5.82 Å². The second-order valence-corrected chi connectivity index (χ2v) is 7.77. The maximum absolute atomic E-state index is 13.3. The van der Waals surface area contributed by atoms with Gasteiger partial charge in [0.1, 0.15) is 5.82 Å². The van der Waals surface area contributed by atoms with Crippen LogP contribution in [0.2, 0.25) is 0 Å². The predicted octanol–water partition coefficient (Wildman–Crippen LogP) is 2.34. The number of ether oxygens (including phenoxy) is 1. The van der Waals surface area contributed by atoms with Crippen LogP contribution in [0.1, 0.15) is 24.8 Å². The molecule has 1 aliphatic rings. The number of hydrogen-bond donors (Lipinski definition) is 2. The Hall–Kier alpha value is -1.44. The second-order valence-electron chi connectivity index (χ2n) is 5.92. The molecule has 1 aromatic heterocycles. The number of rotatable bonds is 6. The average Bonchev–Trinajstić information content (AvgIpc) is 2.90. The molecule has 23 heavy (non-hydrogen) atoms. The van der Waals surface area contributed by atoms with E-state index in [9.17, 15) is 12.8 Å². The highest BCUT2D eigenvalue weighted by atomic mass is 32.2. The molecule has 5 nitrogen and oxygen atoms in total. The van der Waals surface area contributed by atoms with Gasteiger partial charge in [0.25, 0.3) is 0 Å². The highest BCUT2D eigenvalue weighted by Crippen LogP contribution is 2.19. The van der Waals surface area contributed by atoms with E-state index in [1.807, 2.05) is 0 Å². The van der Waals surface area contributed by atoms with Gasteiger partial charge in [0.15, 0.2) is 0 Å². The first-order chi connectivity index (χ1) is 11.0. The number of halogens is 1. The molecule has 2 heterocycles. The van der Waals surface area contributed by atoms with Gasteiger partial charge < -0.3 is 9.72 Å². The Morgan fingerprint density at radius 2 is 2.22 bits per heavy atom. The SMILES string of the molecule is O=S(=O)(CC1CCCCO1)NCCc1c[nH]c2ccc(F)cc12. The third-order valence-corrected chi connectivity index (χ3v) is 5.58. The minimum absolute atomic E-state index is 0.00944. The maximum Gasteiger partial charge on any atom is 0.214 e. The monoisotopic (exact) mass is 340 g/mol. The molecule has 0 radical (unpaired) electrons. The van der Waals surface area contributed by atoms with E-state index in [0.29, 0.717) is 19.6 Å². The van der Waals surface area contributed by atoms with E-state index in [1.54, 1.807) is 12.3 Å². The van der Waals surface area contributed by atoms with E-state index in [0.717, 1.165) is 35.7 Å². The van der Waals surface area contributed by atoms with Crippen molar-refractivity contribution in [1.82, 2.24) is 9.71 Å². The van der Waals surface area contributed by atoms with Crippen molar-refractivity contribution in [2.24, 2.45) is 0 Å². The summed E-state index contributed by atoms with van der Waals surface area (Å²) < 4.78 is 45.6. The highest BCUT2D eigenvalue weighted by molar-refractivity contribution is 7.89. The average molecular weight is 340 g/mol. The number of sulfonamides is 1. The Morgan fingerprint density at radius 1 is 1.35 bits per heavy atom. The molecule has 0 saturated carbocycles. The van der Waals surface area contributed by atoms with Crippen LogP contribution in [0.15, 0.2) is 24.4 Å². The lowest BCUT2D eigenvalue weighted by molar-refractivity contribution is 0.0304. The van der Waals surface area contributed by atoms with Crippen molar-refractivity contribution in [3.05, 3.63) is 35.8 Å². The lowest BCUT2D eigenvalue weighted by atomic mass is 10.1. The largest absolute Gasteiger partial charge is 0.377 e. The summed E-state index contributed by atoms with van der Waals surface area (Å²) in [5.74, 6) is -0.288. The molecular formula is C16H21FN2O3S. The Morgan fingerprint density at radius 3 is 3.00 bits per heavy atom. The number of H-pyrrole nitrogens is 1. The van der Waals surface area contributed by atoms with Gasteiger partial charge in [0.05, 0.1) is 11.9 Å². The van der Waals surface area contributed by atoms with Crippen molar-refractivity contribution in [2.75, 3.05) is 18.9 Å². The zero-order valence-electron chi connectivity index (χ0n) is 12.8. The highest BCUT2D eigenvalue weighted by Gasteiger charge is 2.21. The van der Waals surface area contributed by atoms with Gasteiger partial charge in [0.2, 0.25) is 10.0 Å². The number of aromatic nitrogens is 1. The molecular weight excluding hydrogens is 319 g/mol. The topological polar surface area (TPSA) is 71.2 Å². The summed E-state index contributed by atoms with van der Waals surface area (Å²) in [6, 6.07) is 4.54. The molecule has 2 aromatic rings. The van der Waals surface area contributed by atoms with Gasteiger partial charge in [-0.2, -0.15) is 0 Å². The molecule has 0 aliphatic carbocycles. The van der Waals surface area contributed by atoms with Crippen molar-refractivity contribution in [2.45, 2.75) is 31.8 Å². The summed E-state index contributed by atoms with van der Waals surface area (Å²) in [4.78, 5) is 3.06. The number of aromatic amines is 1. The quantitative estimate of drug-likeness (QED) is 0.848. The van der Waals surface area contributed by atoms with E-state index >= 15 is 0 Å². The first-order valence-corrected chi connectivity index (χ1v) is 9.53. The van der Waals surface area contributed by atoms with E-state index in [4.69, 9.17) is 4.74 Å². The molecule has 2 N–H and O–H groups in total. The van der Waals surface area contributed by atoms with Crippen LogP contribution < -0.4 is 4.72 Å².